The molecule has 2 heteroatoms. The highest BCUT2D eigenvalue weighted by Gasteiger charge is 2.13. The summed E-state index contributed by atoms with van der Waals surface area (Å²) in [6.07, 6.45) is 3.64. The maximum absolute atomic E-state index is 5.54. The van der Waals surface area contributed by atoms with Gasteiger partial charge in [-0.2, -0.15) is 12.6 Å². The van der Waals surface area contributed by atoms with Gasteiger partial charge in [-0.1, -0.05) is 86.1 Å². The highest BCUT2D eigenvalue weighted by atomic mass is 32.1. The van der Waals surface area contributed by atoms with E-state index < -0.39 is 0 Å². The second-order valence-electron chi connectivity index (χ2n) is 4.46. The van der Waals surface area contributed by atoms with Crippen LogP contribution in [0.3, 0.4) is 0 Å². The SMILES string of the molecule is C=Cc1ccc(C(=S)C(S)c2ccc(C=C)cc2)cc1. The number of rotatable bonds is 5. The minimum atomic E-state index is -0.0848. The number of benzene rings is 2. The third-order valence-electron chi connectivity index (χ3n) is 3.17. The van der Waals surface area contributed by atoms with Crippen molar-refractivity contribution >= 4 is 41.9 Å². The van der Waals surface area contributed by atoms with Crippen molar-refractivity contribution in [2.75, 3.05) is 0 Å². The molecular formula is C18H16S2. The van der Waals surface area contributed by atoms with Crippen molar-refractivity contribution < 1.29 is 0 Å². The molecule has 1 unspecified atom stereocenters. The Balaban J connectivity index is 2.21. The van der Waals surface area contributed by atoms with Gasteiger partial charge in [-0.25, -0.2) is 0 Å². The van der Waals surface area contributed by atoms with Crippen molar-refractivity contribution in [3.8, 4) is 0 Å². The zero-order valence-corrected chi connectivity index (χ0v) is 12.8. The van der Waals surface area contributed by atoms with Crippen LogP contribution < -0.4 is 0 Å². The molecule has 0 fully saturated rings. The molecule has 0 radical (unpaired) electrons. The van der Waals surface area contributed by atoms with Crippen LogP contribution >= 0.6 is 24.8 Å². The van der Waals surface area contributed by atoms with E-state index in [2.05, 4.69) is 25.8 Å². The Bertz CT molecular complexity index is 621. The summed E-state index contributed by atoms with van der Waals surface area (Å²) in [6, 6.07) is 16.2. The van der Waals surface area contributed by atoms with Crippen LogP contribution in [0.15, 0.2) is 61.7 Å². The Morgan fingerprint density at radius 1 is 0.900 bits per heavy atom. The molecule has 1 atom stereocenters. The molecule has 0 saturated heterocycles. The lowest BCUT2D eigenvalue weighted by atomic mass is 10.0. The van der Waals surface area contributed by atoms with Gasteiger partial charge in [0.15, 0.2) is 0 Å². The standard InChI is InChI=1S/C18H16S2/c1-3-13-5-9-15(10-6-13)17(19)18(20)16-11-7-14(4-2)8-12-16/h3-12,17,19H,1-2H2. The molecule has 2 rings (SSSR count). The van der Waals surface area contributed by atoms with Gasteiger partial charge in [0, 0.05) is 4.86 Å². The predicted octanol–water partition coefficient (Wildman–Crippen LogP) is 5.36. The first kappa shape index (κ1) is 14.8. The third kappa shape index (κ3) is 3.27. The Kier molecular flexibility index (Phi) is 4.94. The molecule has 0 heterocycles. The van der Waals surface area contributed by atoms with Gasteiger partial charge < -0.3 is 0 Å². The highest BCUT2D eigenvalue weighted by Crippen LogP contribution is 2.26. The minimum Gasteiger partial charge on any atom is -0.165 e. The van der Waals surface area contributed by atoms with Gasteiger partial charge in [0.1, 0.15) is 0 Å². The molecule has 0 saturated carbocycles. The maximum atomic E-state index is 5.54. The van der Waals surface area contributed by atoms with E-state index in [4.69, 9.17) is 12.2 Å². The summed E-state index contributed by atoms with van der Waals surface area (Å²) in [5.74, 6) is 0. The maximum Gasteiger partial charge on any atom is 0.0624 e. The molecule has 0 nitrogen and oxygen atoms in total. The molecule has 0 spiro atoms. The fraction of sp³-hybridized carbons (Fsp3) is 0.0556. The van der Waals surface area contributed by atoms with Gasteiger partial charge in [-0.15, -0.1) is 0 Å². The first-order chi connectivity index (χ1) is 9.65. The Labute approximate surface area is 131 Å². The van der Waals surface area contributed by atoms with Crippen LogP contribution in [0.4, 0.5) is 0 Å². The zero-order chi connectivity index (χ0) is 14.5. The van der Waals surface area contributed by atoms with Crippen molar-refractivity contribution in [3.63, 3.8) is 0 Å². The van der Waals surface area contributed by atoms with E-state index in [0.717, 1.165) is 27.1 Å². The Hall–Kier alpha value is -1.64. The van der Waals surface area contributed by atoms with Crippen LogP contribution in [0.5, 0.6) is 0 Å². The molecule has 2 aromatic carbocycles. The predicted molar refractivity (Wildman–Crippen MR) is 96.5 cm³/mol. The van der Waals surface area contributed by atoms with Crippen LogP contribution in [0.25, 0.3) is 12.2 Å². The second-order valence-corrected chi connectivity index (χ2v) is 5.42. The minimum absolute atomic E-state index is 0.0848. The molecule has 2 aromatic rings. The Morgan fingerprint density at radius 3 is 1.80 bits per heavy atom. The van der Waals surface area contributed by atoms with Gasteiger partial charge >= 0.3 is 0 Å². The van der Waals surface area contributed by atoms with Crippen LogP contribution in [0.2, 0.25) is 0 Å². The van der Waals surface area contributed by atoms with Crippen molar-refractivity contribution in [1.29, 1.82) is 0 Å². The first-order valence-corrected chi connectivity index (χ1v) is 7.25. The van der Waals surface area contributed by atoms with Crippen LogP contribution in [0, 0.1) is 0 Å². The monoisotopic (exact) mass is 296 g/mol. The molecular weight excluding hydrogens is 280 g/mol. The summed E-state index contributed by atoms with van der Waals surface area (Å²) >= 11 is 10.2. The molecule has 0 N–H and O–H groups in total. The van der Waals surface area contributed by atoms with E-state index in [-0.39, 0.29) is 5.25 Å². The lowest BCUT2D eigenvalue weighted by molar-refractivity contribution is 1.32. The number of thiocarbonyl (C=S) groups is 1. The summed E-state index contributed by atoms with van der Waals surface area (Å²) in [5, 5.41) is -0.0848. The van der Waals surface area contributed by atoms with Crippen LogP contribution in [-0.4, -0.2) is 4.86 Å². The number of hydrogen-bond acceptors (Lipinski definition) is 2. The second kappa shape index (κ2) is 6.69. The lowest BCUT2D eigenvalue weighted by Gasteiger charge is -2.13. The Morgan fingerprint density at radius 2 is 1.35 bits per heavy atom. The quantitative estimate of drug-likeness (QED) is 0.440. The van der Waals surface area contributed by atoms with Crippen LogP contribution in [0.1, 0.15) is 27.5 Å². The van der Waals surface area contributed by atoms with Gasteiger partial charge in [-0.05, 0) is 22.3 Å². The van der Waals surface area contributed by atoms with Gasteiger partial charge in [-0.3, -0.25) is 0 Å². The lowest BCUT2D eigenvalue weighted by Crippen LogP contribution is -2.06. The molecule has 0 aromatic heterocycles. The normalized spacial score (nSPS) is 11.7. The van der Waals surface area contributed by atoms with Crippen molar-refractivity contribution in [3.05, 3.63) is 83.9 Å². The van der Waals surface area contributed by atoms with Crippen molar-refractivity contribution in [2.45, 2.75) is 5.25 Å². The van der Waals surface area contributed by atoms with Crippen LogP contribution in [-0.2, 0) is 0 Å². The molecule has 20 heavy (non-hydrogen) atoms. The summed E-state index contributed by atoms with van der Waals surface area (Å²) in [5.41, 5.74) is 4.30. The summed E-state index contributed by atoms with van der Waals surface area (Å²) in [6.45, 7) is 7.50. The van der Waals surface area contributed by atoms with Crippen molar-refractivity contribution in [2.24, 2.45) is 0 Å². The topological polar surface area (TPSA) is 0 Å². The molecule has 0 aliphatic heterocycles. The van der Waals surface area contributed by atoms with E-state index in [1.54, 1.807) is 0 Å². The zero-order valence-electron chi connectivity index (χ0n) is 11.1. The molecule has 0 aliphatic rings. The largest absolute Gasteiger partial charge is 0.165 e. The fourth-order valence-corrected chi connectivity index (χ4v) is 2.50. The molecule has 0 aliphatic carbocycles. The van der Waals surface area contributed by atoms with Gasteiger partial charge in [0.25, 0.3) is 0 Å². The average Bonchev–Trinajstić information content (AvgIpc) is 2.53. The molecule has 0 amide bonds. The van der Waals surface area contributed by atoms with E-state index in [1.807, 2.05) is 60.7 Å². The van der Waals surface area contributed by atoms with Gasteiger partial charge in [0.2, 0.25) is 0 Å². The van der Waals surface area contributed by atoms with Crippen molar-refractivity contribution in [1.82, 2.24) is 0 Å². The average molecular weight is 296 g/mol. The molecule has 100 valence electrons. The summed E-state index contributed by atoms with van der Waals surface area (Å²) in [4.78, 5) is 0.829. The summed E-state index contributed by atoms with van der Waals surface area (Å²) < 4.78 is 0. The molecule has 0 bridgehead atoms. The van der Waals surface area contributed by atoms with E-state index in [0.29, 0.717) is 0 Å². The summed E-state index contributed by atoms with van der Waals surface area (Å²) in [7, 11) is 0. The van der Waals surface area contributed by atoms with E-state index in [9.17, 15) is 0 Å². The first-order valence-electron chi connectivity index (χ1n) is 6.33. The number of hydrogen-bond donors (Lipinski definition) is 1. The van der Waals surface area contributed by atoms with Gasteiger partial charge in [0.05, 0.1) is 5.25 Å². The number of thiol groups is 1. The highest BCUT2D eigenvalue weighted by molar-refractivity contribution is 7.86. The smallest absolute Gasteiger partial charge is 0.0624 e. The van der Waals surface area contributed by atoms with E-state index >= 15 is 0 Å². The fourth-order valence-electron chi connectivity index (χ4n) is 1.91. The van der Waals surface area contributed by atoms with E-state index in [1.165, 1.54) is 0 Å². The third-order valence-corrected chi connectivity index (χ3v) is 4.37.